The lowest BCUT2D eigenvalue weighted by Gasteiger charge is -2.14. The van der Waals surface area contributed by atoms with E-state index in [9.17, 15) is 4.79 Å². The molecule has 0 atom stereocenters. The Bertz CT molecular complexity index is 919. The third-order valence-electron chi connectivity index (χ3n) is 4.04. The number of amides is 1. The summed E-state index contributed by atoms with van der Waals surface area (Å²) in [6.07, 6.45) is 4.35. The number of anilines is 1. The van der Waals surface area contributed by atoms with Gasteiger partial charge in [-0.1, -0.05) is 0 Å². The number of carbonyl (C=O) groups is 1. The van der Waals surface area contributed by atoms with Gasteiger partial charge in [0.1, 0.15) is 0 Å². The van der Waals surface area contributed by atoms with Gasteiger partial charge in [-0.05, 0) is 12.1 Å². The summed E-state index contributed by atoms with van der Waals surface area (Å²) >= 11 is 1.54. The molecule has 0 aliphatic carbocycles. The van der Waals surface area contributed by atoms with E-state index >= 15 is 0 Å². The van der Waals surface area contributed by atoms with Crippen molar-refractivity contribution < 1.29 is 19.0 Å². The molecule has 0 aliphatic heterocycles. The summed E-state index contributed by atoms with van der Waals surface area (Å²) in [6, 6.07) is 7.22. The van der Waals surface area contributed by atoms with Crippen molar-refractivity contribution in [1.29, 1.82) is 0 Å². The zero-order chi connectivity index (χ0) is 19.9. The van der Waals surface area contributed by atoms with E-state index in [2.05, 4.69) is 15.3 Å². The molecule has 0 radical (unpaired) electrons. The van der Waals surface area contributed by atoms with Gasteiger partial charge in [0.25, 0.3) is 0 Å². The third kappa shape index (κ3) is 4.58. The van der Waals surface area contributed by atoms with E-state index in [0.717, 1.165) is 16.3 Å². The van der Waals surface area contributed by atoms with Crippen LogP contribution in [0.4, 0.5) is 5.69 Å². The van der Waals surface area contributed by atoms with E-state index in [1.807, 2.05) is 17.5 Å². The molecule has 0 unspecified atom stereocenters. The van der Waals surface area contributed by atoms with Gasteiger partial charge in [-0.25, -0.2) is 4.98 Å². The van der Waals surface area contributed by atoms with Gasteiger partial charge < -0.3 is 19.5 Å². The first-order valence-corrected chi connectivity index (χ1v) is 9.47. The highest BCUT2D eigenvalue weighted by Crippen LogP contribution is 2.39. The molecule has 3 aromatic rings. The molecule has 0 saturated heterocycles. The second kappa shape index (κ2) is 9.18. The van der Waals surface area contributed by atoms with Crippen LogP contribution in [0, 0.1) is 0 Å². The molecule has 1 N–H and O–H groups in total. The Morgan fingerprint density at radius 1 is 1.07 bits per heavy atom. The maximum atomic E-state index is 12.4. The zero-order valence-corrected chi connectivity index (χ0v) is 16.7. The van der Waals surface area contributed by atoms with Crippen molar-refractivity contribution in [2.75, 3.05) is 26.6 Å². The largest absolute Gasteiger partial charge is 0.493 e. The van der Waals surface area contributed by atoms with Crippen LogP contribution in [0.15, 0.2) is 42.0 Å². The van der Waals surface area contributed by atoms with Gasteiger partial charge in [-0.15, -0.1) is 11.3 Å². The number of pyridine rings is 1. The summed E-state index contributed by atoms with van der Waals surface area (Å²) in [7, 11) is 4.60. The molecular formula is C20H21N3O4S. The Hall–Kier alpha value is -3.13. The quantitative estimate of drug-likeness (QED) is 0.620. The Morgan fingerprint density at radius 3 is 2.36 bits per heavy atom. The Balaban J connectivity index is 1.63. The zero-order valence-electron chi connectivity index (χ0n) is 15.9. The van der Waals surface area contributed by atoms with Crippen LogP contribution >= 0.6 is 11.3 Å². The molecule has 0 aliphatic rings. The number of carbonyl (C=O) groups excluding carboxylic acids is 1. The molecule has 1 amide bonds. The molecule has 28 heavy (non-hydrogen) atoms. The average molecular weight is 399 g/mol. The number of nitrogens with one attached hydrogen (secondary N) is 1. The number of hydrogen-bond donors (Lipinski definition) is 1. The molecule has 2 aromatic heterocycles. The van der Waals surface area contributed by atoms with Crippen LogP contribution in [0.1, 0.15) is 11.4 Å². The number of nitrogens with zero attached hydrogens (tertiary/aromatic N) is 2. The SMILES string of the molecule is COc1cc(NC(=O)CCc2nc(-c3ccncc3)cs2)cc(OC)c1OC. The molecule has 0 fully saturated rings. The summed E-state index contributed by atoms with van der Waals surface area (Å²) in [6.45, 7) is 0. The highest BCUT2D eigenvalue weighted by molar-refractivity contribution is 7.09. The summed E-state index contributed by atoms with van der Waals surface area (Å²) in [5.74, 6) is 1.34. The molecular weight excluding hydrogens is 378 g/mol. The average Bonchev–Trinajstić information content (AvgIpc) is 3.21. The van der Waals surface area contributed by atoms with E-state index in [1.165, 1.54) is 21.3 Å². The van der Waals surface area contributed by atoms with Crippen LogP contribution in [-0.2, 0) is 11.2 Å². The molecule has 0 spiro atoms. The van der Waals surface area contributed by atoms with E-state index in [-0.39, 0.29) is 5.91 Å². The van der Waals surface area contributed by atoms with Crippen LogP contribution in [0.2, 0.25) is 0 Å². The minimum absolute atomic E-state index is 0.116. The summed E-state index contributed by atoms with van der Waals surface area (Å²) < 4.78 is 15.9. The smallest absolute Gasteiger partial charge is 0.224 e. The standard InChI is InChI=1S/C20H21N3O4S/c1-25-16-10-14(11-17(26-2)20(16)27-3)22-18(24)4-5-19-23-15(12-28-19)13-6-8-21-9-7-13/h6-12H,4-5H2,1-3H3,(H,22,24). The van der Waals surface area contributed by atoms with Gasteiger partial charge in [-0.2, -0.15) is 0 Å². The number of methoxy groups -OCH3 is 3. The van der Waals surface area contributed by atoms with Crippen molar-refractivity contribution in [3.05, 3.63) is 47.0 Å². The Labute approximate surface area is 167 Å². The second-order valence-corrected chi connectivity index (χ2v) is 6.77. The second-order valence-electron chi connectivity index (χ2n) is 5.82. The number of aryl methyl sites for hydroxylation is 1. The Morgan fingerprint density at radius 2 is 1.75 bits per heavy atom. The maximum Gasteiger partial charge on any atom is 0.224 e. The number of rotatable bonds is 8. The maximum absolute atomic E-state index is 12.4. The molecule has 0 bridgehead atoms. The molecule has 7 nitrogen and oxygen atoms in total. The van der Waals surface area contributed by atoms with E-state index in [4.69, 9.17) is 14.2 Å². The van der Waals surface area contributed by atoms with Crippen LogP contribution in [-0.4, -0.2) is 37.2 Å². The number of ether oxygens (including phenoxy) is 3. The van der Waals surface area contributed by atoms with Gasteiger partial charge in [0.05, 0.1) is 32.0 Å². The first-order valence-electron chi connectivity index (χ1n) is 8.59. The van der Waals surface area contributed by atoms with Crippen molar-refractivity contribution in [2.24, 2.45) is 0 Å². The fourth-order valence-electron chi connectivity index (χ4n) is 2.68. The lowest BCUT2D eigenvalue weighted by Crippen LogP contribution is -2.12. The predicted molar refractivity (Wildman–Crippen MR) is 108 cm³/mol. The number of benzene rings is 1. The molecule has 2 heterocycles. The monoisotopic (exact) mass is 399 g/mol. The molecule has 0 saturated carbocycles. The minimum Gasteiger partial charge on any atom is -0.493 e. The number of thiazole rings is 1. The third-order valence-corrected chi connectivity index (χ3v) is 4.95. The molecule has 8 heteroatoms. The van der Waals surface area contributed by atoms with Gasteiger partial charge >= 0.3 is 0 Å². The first kappa shape index (κ1) is 19.6. The van der Waals surface area contributed by atoms with Crippen molar-refractivity contribution in [3.63, 3.8) is 0 Å². The van der Waals surface area contributed by atoms with Crippen molar-refractivity contribution in [3.8, 4) is 28.5 Å². The van der Waals surface area contributed by atoms with Gasteiger partial charge in [-0.3, -0.25) is 9.78 Å². The van der Waals surface area contributed by atoms with Gasteiger partial charge in [0.15, 0.2) is 11.5 Å². The van der Waals surface area contributed by atoms with Crippen LogP contribution in [0.25, 0.3) is 11.3 Å². The summed E-state index contributed by atoms with van der Waals surface area (Å²) in [5, 5.41) is 5.76. The molecule has 1 aromatic carbocycles. The van der Waals surface area contributed by atoms with Crippen molar-refractivity contribution in [1.82, 2.24) is 9.97 Å². The lowest BCUT2D eigenvalue weighted by atomic mass is 10.2. The van der Waals surface area contributed by atoms with E-state index in [1.54, 1.807) is 35.9 Å². The summed E-state index contributed by atoms with van der Waals surface area (Å²) in [5.41, 5.74) is 2.49. The summed E-state index contributed by atoms with van der Waals surface area (Å²) in [4.78, 5) is 21.0. The number of aromatic nitrogens is 2. The fraction of sp³-hybridized carbons (Fsp3) is 0.250. The van der Waals surface area contributed by atoms with E-state index < -0.39 is 0 Å². The van der Waals surface area contributed by atoms with Crippen LogP contribution in [0.5, 0.6) is 17.2 Å². The van der Waals surface area contributed by atoms with E-state index in [0.29, 0.717) is 35.8 Å². The normalized spacial score (nSPS) is 10.4. The molecule has 3 rings (SSSR count). The highest BCUT2D eigenvalue weighted by Gasteiger charge is 2.15. The predicted octanol–water partition coefficient (Wildman–Crippen LogP) is 3.80. The van der Waals surface area contributed by atoms with Crippen LogP contribution in [0.3, 0.4) is 0 Å². The highest BCUT2D eigenvalue weighted by atomic mass is 32.1. The number of hydrogen-bond acceptors (Lipinski definition) is 7. The lowest BCUT2D eigenvalue weighted by molar-refractivity contribution is -0.116. The molecule has 146 valence electrons. The van der Waals surface area contributed by atoms with Gasteiger partial charge in [0, 0.05) is 54.0 Å². The first-order chi connectivity index (χ1) is 13.6. The topological polar surface area (TPSA) is 82.6 Å². The minimum atomic E-state index is -0.116. The fourth-order valence-corrected chi connectivity index (χ4v) is 3.49. The van der Waals surface area contributed by atoms with Crippen molar-refractivity contribution in [2.45, 2.75) is 12.8 Å². The van der Waals surface area contributed by atoms with Crippen molar-refractivity contribution >= 4 is 22.9 Å². The Kier molecular flexibility index (Phi) is 6.44. The van der Waals surface area contributed by atoms with Crippen LogP contribution < -0.4 is 19.5 Å². The van der Waals surface area contributed by atoms with Gasteiger partial charge in [0.2, 0.25) is 11.7 Å².